The fourth-order valence-electron chi connectivity index (χ4n) is 5.53. The second-order valence-electron chi connectivity index (χ2n) is 10.5. The summed E-state index contributed by atoms with van der Waals surface area (Å²) in [7, 11) is 0. The number of carbonyl (C=O) groups is 2. The van der Waals surface area contributed by atoms with E-state index in [9.17, 15) is 9.59 Å². The molecular formula is C34H38BNO2Pt+2. The smallest absolute Gasteiger partial charge is 0.300 e. The first-order chi connectivity index (χ1) is 18.0. The Balaban J connectivity index is 0.000000592. The van der Waals surface area contributed by atoms with Gasteiger partial charge in [0.25, 0.3) is 0 Å². The van der Waals surface area contributed by atoms with Crippen LogP contribution in [-0.2, 0) is 30.7 Å². The van der Waals surface area contributed by atoms with Crippen molar-refractivity contribution >= 4 is 34.7 Å². The Bertz CT molecular complexity index is 1350. The van der Waals surface area contributed by atoms with Crippen LogP contribution < -0.4 is 16.4 Å². The first-order valence-corrected chi connectivity index (χ1v) is 13.1. The van der Waals surface area contributed by atoms with Crippen LogP contribution in [0.15, 0.2) is 72.9 Å². The minimum atomic E-state index is -0.0625. The topological polar surface area (TPSA) is 47.0 Å². The number of nitrogens with zero attached hydrogens (tertiary/aromatic N) is 1. The van der Waals surface area contributed by atoms with Crippen molar-refractivity contribution in [2.45, 2.75) is 61.8 Å². The third-order valence-electron chi connectivity index (χ3n) is 6.73. The van der Waals surface area contributed by atoms with E-state index in [4.69, 9.17) is 0 Å². The molecule has 0 amide bonds. The van der Waals surface area contributed by atoms with Crippen LogP contribution in [0.5, 0.6) is 0 Å². The maximum Gasteiger partial charge on any atom is 2.00 e. The number of Topliss-reactive ketones (excluding diaryl/α,β-unsaturated/α-hetero) is 2. The normalized spacial score (nSPS) is 10.2. The van der Waals surface area contributed by atoms with Gasteiger partial charge in [-0.15, -0.1) is 0 Å². The monoisotopic (exact) mass is 698 g/mol. The van der Waals surface area contributed by atoms with Gasteiger partial charge in [-0.3, -0.25) is 14.6 Å². The molecule has 0 saturated carbocycles. The van der Waals surface area contributed by atoms with Gasteiger partial charge in [-0.2, -0.15) is 0 Å². The summed E-state index contributed by atoms with van der Waals surface area (Å²) >= 11 is 0. The molecule has 1 aromatic heterocycles. The number of ketones is 2. The molecule has 0 spiro atoms. The molecule has 3 aromatic carbocycles. The van der Waals surface area contributed by atoms with Gasteiger partial charge in [0.15, 0.2) is 0 Å². The molecule has 0 aliphatic heterocycles. The second kappa shape index (κ2) is 14.3. The summed E-state index contributed by atoms with van der Waals surface area (Å²) in [5.41, 5.74) is 14.4. The Kier molecular flexibility index (Phi) is 11.8. The van der Waals surface area contributed by atoms with Crippen molar-refractivity contribution in [3.05, 3.63) is 106 Å². The van der Waals surface area contributed by atoms with E-state index in [2.05, 4.69) is 107 Å². The number of hydrogen-bond acceptors (Lipinski definition) is 3. The molecule has 0 unspecified atom stereocenters. The van der Waals surface area contributed by atoms with Crippen molar-refractivity contribution in [3.63, 3.8) is 0 Å². The van der Waals surface area contributed by atoms with Gasteiger partial charge in [0, 0.05) is 6.20 Å². The second-order valence-corrected chi connectivity index (χ2v) is 10.5. The van der Waals surface area contributed by atoms with E-state index in [-0.39, 0.29) is 45.8 Å². The van der Waals surface area contributed by atoms with Crippen LogP contribution in [0.25, 0.3) is 11.3 Å². The van der Waals surface area contributed by atoms with Gasteiger partial charge in [-0.25, -0.2) is 0 Å². The van der Waals surface area contributed by atoms with Gasteiger partial charge in [-0.1, -0.05) is 104 Å². The van der Waals surface area contributed by atoms with Crippen molar-refractivity contribution in [3.8, 4) is 11.3 Å². The maximum atomic E-state index is 10.0. The summed E-state index contributed by atoms with van der Waals surface area (Å²) in [5, 5.41) is 0. The molecule has 0 bridgehead atoms. The van der Waals surface area contributed by atoms with Crippen molar-refractivity contribution in [2.24, 2.45) is 0 Å². The minimum Gasteiger partial charge on any atom is -0.300 e. The summed E-state index contributed by atoms with van der Waals surface area (Å²) in [6.45, 7) is 16.4. The van der Waals surface area contributed by atoms with Crippen molar-refractivity contribution in [1.29, 1.82) is 0 Å². The number of rotatable bonds is 6. The maximum absolute atomic E-state index is 10.0. The molecular weight excluding hydrogens is 660 g/mol. The van der Waals surface area contributed by atoms with Crippen molar-refractivity contribution in [1.82, 2.24) is 4.98 Å². The Morgan fingerprint density at radius 3 is 1.54 bits per heavy atom. The molecule has 1 heterocycles. The van der Waals surface area contributed by atoms with Crippen LogP contribution >= 0.6 is 0 Å². The van der Waals surface area contributed by atoms with Crippen LogP contribution in [0.2, 0.25) is 0 Å². The Morgan fingerprint density at radius 1 is 0.667 bits per heavy atom. The van der Waals surface area contributed by atoms with Crippen molar-refractivity contribution < 1.29 is 30.7 Å². The average molecular weight is 699 g/mol. The van der Waals surface area contributed by atoms with Crippen LogP contribution in [0.3, 0.4) is 0 Å². The fourth-order valence-corrected chi connectivity index (χ4v) is 5.53. The standard InChI is InChI=1S/C29H30BN.C5H8O2.Pt/c1-19-14-21(3)28(22(4)15-19)30(29-23(5)16-20(2)17-24(29)6)26-11-9-10-25(18-26)27-12-7-8-13-31-27;1-4(6)3-5(2)7;/h7-18H,1-6H3;3H2,1-2H3;/q;;+2. The van der Waals surface area contributed by atoms with Crippen LogP contribution in [0.4, 0.5) is 0 Å². The van der Waals surface area contributed by atoms with E-state index in [1.165, 1.54) is 63.6 Å². The molecule has 0 fully saturated rings. The molecule has 0 N–H and O–H groups in total. The van der Waals surface area contributed by atoms with E-state index in [1.54, 1.807) is 0 Å². The Hall–Kier alpha value is -3.10. The Morgan fingerprint density at radius 2 is 1.15 bits per heavy atom. The van der Waals surface area contributed by atoms with Gasteiger partial charge < -0.3 is 0 Å². The zero-order valence-corrected chi connectivity index (χ0v) is 26.6. The van der Waals surface area contributed by atoms with Crippen LogP contribution in [0.1, 0.15) is 53.6 Å². The van der Waals surface area contributed by atoms with E-state index >= 15 is 0 Å². The quantitative estimate of drug-likeness (QED) is 0.193. The molecule has 4 rings (SSSR count). The van der Waals surface area contributed by atoms with Gasteiger partial charge in [0.05, 0.1) is 12.1 Å². The largest absolute Gasteiger partial charge is 2.00 e. The number of pyridine rings is 1. The molecule has 5 heteroatoms. The summed E-state index contributed by atoms with van der Waals surface area (Å²) in [6.07, 6.45) is 1.95. The number of hydrogen-bond donors (Lipinski definition) is 0. The van der Waals surface area contributed by atoms with Gasteiger partial charge in [-0.05, 0) is 73.1 Å². The molecule has 4 aromatic rings. The zero-order chi connectivity index (χ0) is 28.0. The van der Waals surface area contributed by atoms with E-state index in [0.717, 1.165) is 11.3 Å². The van der Waals surface area contributed by atoms with Gasteiger partial charge in [0.1, 0.15) is 11.6 Å². The van der Waals surface area contributed by atoms with Gasteiger partial charge >= 0.3 is 21.1 Å². The van der Waals surface area contributed by atoms with Crippen molar-refractivity contribution in [2.75, 3.05) is 0 Å². The SMILES string of the molecule is CC(=O)CC(C)=O.Cc1cc(C)c(B(c2cccc(-c3ccccn3)c2)c2c(C)cc(C)cc2C)c(C)c1.[Pt+2]. The predicted octanol–water partition coefficient (Wildman–Crippen LogP) is 5.67. The van der Waals surface area contributed by atoms with Crippen LogP contribution in [-0.4, -0.2) is 23.3 Å². The molecule has 0 aliphatic carbocycles. The molecule has 39 heavy (non-hydrogen) atoms. The van der Waals surface area contributed by atoms with E-state index in [1.807, 2.05) is 12.3 Å². The summed E-state index contributed by atoms with van der Waals surface area (Å²) in [4.78, 5) is 24.7. The molecule has 0 aliphatic rings. The fraction of sp³-hybridized carbons (Fsp3) is 0.265. The number of benzene rings is 3. The molecule has 202 valence electrons. The summed E-state index contributed by atoms with van der Waals surface area (Å²) < 4.78 is 0. The van der Waals surface area contributed by atoms with Gasteiger partial charge in [0.2, 0.25) is 6.71 Å². The average Bonchev–Trinajstić information content (AvgIpc) is 2.82. The van der Waals surface area contributed by atoms with Crippen LogP contribution in [0, 0.1) is 41.5 Å². The minimum absolute atomic E-state index is 0. The zero-order valence-electron chi connectivity index (χ0n) is 24.3. The number of carbonyl (C=O) groups excluding carboxylic acids is 2. The third-order valence-corrected chi connectivity index (χ3v) is 6.73. The first kappa shape index (κ1) is 32.1. The predicted molar refractivity (Wildman–Crippen MR) is 162 cm³/mol. The Labute approximate surface area is 248 Å². The summed E-state index contributed by atoms with van der Waals surface area (Å²) in [5.74, 6) is -0.125. The van der Waals surface area contributed by atoms with E-state index in [0.29, 0.717) is 0 Å². The summed E-state index contributed by atoms with van der Waals surface area (Å²) in [6, 6.07) is 24.3. The number of aromatic nitrogens is 1. The third kappa shape index (κ3) is 8.44. The molecule has 0 saturated heterocycles. The van der Waals surface area contributed by atoms with E-state index < -0.39 is 0 Å². The molecule has 0 atom stereocenters. The molecule has 0 radical (unpaired) electrons. The first-order valence-electron chi connectivity index (χ1n) is 13.1. The number of aryl methyl sites for hydroxylation is 6. The molecule has 3 nitrogen and oxygen atoms in total.